The van der Waals surface area contributed by atoms with E-state index in [0.717, 1.165) is 18.2 Å². The average Bonchev–Trinajstić information content (AvgIpc) is 2.05. The lowest BCUT2D eigenvalue weighted by Gasteiger charge is -2.29. The van der Waals surface area contributed by atoms with Crippen molar-refractivity contribution in [2.75, 3.05) is 26.8 Å². The van der Waals surface area contributed by atoms with Crippen molar-refractivity contribution in [2.45, 2.75) is 26.8 Å². The molecule has 78 valence electrons. The molecule has 0 aromatic rings. The maximum atomic E-state index is 5.22. The van der Waals surface area contributed by atoms with Crippen molar-refractivity contribution in [1.29, 1.82) is 0 Å². The van der Waals surface area contributed by atoms with Gasteiger partial charge in [-0.1, -0.05) is 0 Å². The van der Waals surface area contributed by atoms with Crippen LogP contribution in [0, 0.1) is 0 Å². The van der Waals surface area contributed by atoms with Gasteiger partial charge in [-0.15, -0.1) is 0 Å². The minimum absolute atomic E-state index is 0.418. The van der Waals surface area contributed by atoms with Gasteiger partial charge in [0.15, 0.2) is 5.11 Å². The molecule has 0 radical (unpaired) electrons. The Kier molecular flexibility index (Phi) is 6.90. The first-order chi connectivity index (χ1) is 6.13. The lowest BCUT2D eigenvalue weighted by atomic mass is 10.3. The second kappa shape index (κ2) is 7.09. The molecular formula is C9H20N2OS. The number of methoxy groups -OCH3 is 1. The Morgan fingerprint density at radius 1 is 1.54 bits per heavy atom. The first-order valence-corrected chi connectivity index (χ1v) is 5.07. The molecule has 0 rings (SSSR count). The topological polar surface area (TPSA) is 24.5 Å². The van der Waals surface area contributed by atoms with E-state index in [4.69, 9.17) is 17.0 Å². The fraction of sp³-hybridized carbons (Fsp3) is 0.889. The molecular weight excluding hydrogens is 184 g/mol. The van der Waals surface area contributed by atoms with Gasteiger partial charge in [0.25, 0.3) is 0 Å². The van der Waals surface area contributed by atoms with Gasteiger partial charge in [-0.25, -0.2) is 0 Å². The standard InChI is InChI=1S/C9H20N2OS/c1-5-10-9(13)11(8(2)3)6-7-12-4/h8H,5-7H2,1-4H3,(H,10,13). The summed E-state index contributed by atoms with van der Waals surface area (Å²) in [6.45, 7) is 8.72. The van der Waals surface area contributed by atoms with Gasteiger partial charge in [-0.2, -0.15) is 0 Å². The number of rotatable bonds is 5. The van der Waals surface area contributed by atoms with Crippen LogP contribution < -0.4 is 5.32 Å². The molecule has 13 heavy (non-hydrogen) atoms. The van der Waals surface area contributed by atoms with E-state index in [1.807, 2.05) is 6.92 Å². The van der Waals surface area contributed by atoms with Crippen LogP contribution in [0.3, 0.4) is 0 Å². The van der Waals surface area contributed by atoms with E-state index in [9.17, 15) is 0 Å². The summed E-state index contributed by atoms with van der Waals surface area (Å²) in [6.07, 6.45) is 0. The summed E-state index contributed by atoms with van der Waals surface area (Å²) >= 11 is 5.22. The molecule has 0 aromatic heterocycles. The van der Waals surface area contributed by atoms with Crippen LogP contribution in [-0.4, -0.2) is 42.9 Å². The average molecular weight is 204 g/mol. The van der Waals surface area contributed by atoms with Crippen LogP contribution >= 0.6 is 12.2 Å². The molecule has 0 saturated carbocycles. The van der Waals surface area contributed by atoms with Gasteiger partial charge in [0.1, 0.15) is 0 Å². The lowest BCUT2D eigenvalue weighted by molar-refractivity contribution is 0.166. The molecule has 0 aliphatic rings. The minimum atomic E-state index is 0.418. The third-order valence-corrected chi connectivity index (χ3v) is 2.13. The van der Waals surface area contributed by atoms with E-state index in [-0.39, 0.29) is 0 Å². The zero-order chi connectivity index (χ0) is 10.3. The van der Waals surface area contributed by atoms with Crippen LogP contribution in [0.1, 0.15) is 20.8 Å². The fourth-order valence-corrected chi connectivity index (χ4v) is 1.48. The van der Waals surface area contributed by atoms with Crippen LogP contribution in [-0.2, 0) is 4.74 Å². The van der Waals surface area contributed by atoms with Crippen LogP contribution in [0.4, 0.5) is 0 Å². The predicted octanol–water partition coefficient (Wildman–Crippen LogP) is 1.24. The van der Waals surface area contributed by atoms with Crippen LogP contribution in [0.15, 0.2) is 0 Å². The summed E-state index contributed by atoms with van der Waals surface area (Å²) in [5, 5.41) is 3.95. The molecule has 0 aromatic carbocycles. The fourth-order valence-electron chi connectivity index (χ4n) is 1.04. The van der Waals surface area contributed by atoms with Crippen molar-refractivity contribution in [3.63, 3.8) is 0 Å². The van der Waals surface area contributed by atoms with Crippen molar-refractivity contribution in [3.8, 4) is 0 Å². The van der Waals surface area contributed by atoms with E-state index in [1.54, 1.807) is 7.11 Å². The summed E-state index contributed by atoms with van der Waals surface area (Å²) in [5.74, 6) is 0. The third-order valence-electron chi connectivity index (χ3n) is 1.75. The summed E-state index contributed by atoms with van der Waals surface area (Å²) in [4.78, 5) is 2.13. The van der Waals surface area contributed by atoms with Gasteiger partial charge in [-0.3, -0.25) is 0 Å². The molecule has 0 aliphatic heterocycles. The highest BCUT2D eigenvalue weighted by molar-refractivity contribution is 7.80. The summed E-state index contributed by atoms with van der Waals surface area (Å²) < 4.78 is 5.02. The first-order valence-electron chi connectivity index (χ1n) is 4.66. The summed E-state index contributed by atoms with van der Waals surface area (Å²) in [7, 11) is 1.70. The molecule has 0 unspecified atom stereocenters. The Hall–Kier alpha value is -0.350. The van der Waals surface area contributed by atoms with Crippen molar-refractivity contribution >= 4 is 17.3 Å². The number of ether oxygens (including phenoxy) is 1. The van der Waals surface area contributed by atoms with E-state index >= 15 is 0 Å². The molecule has 0 fully saturated rings. The second-order valence-corrected chi connectivity index (χ2v) is 3.50. The second-order valence-electron chi connectivity index (χ2n) is 3.12. The Morgan fingerprint density at radius 2 is 2.15 bits per heavy atom. The summed E-state index contributed by atoms with van der Waals surface area (Å²) in [6, 6.07) is 0.418. The van der Waals surface area contributed by atoms with Gasteiger partial charge in [-0.05, 0) is 33.0 Å². The molecule has 0 saturated heterocycles. The van der Waals surface area contributed by atoms with E-state index in [0.29, 0.717) is 12.6 Å². The van der Waals surface area contributed by atoms with E-state index in [2.05, 4.69) is 24.1 Å². The number of nitrogens with one attached hydrogen (secondary N) is 1. The molecule has 1 N–H and O–H groups in total. The Bertz CT molecular complexity index is 151. The lowest BCUT2D eigenvalue weighted by Crippen LogP contribution is -2.45. The molecule has 0 aliphatic carbocycles. The quantitative estimate of drug-likeness (QED) is 0.681. The van der Waals surface area contributed by atoms with Crippen molar-refractivity contribution in [1.82, 2.24) is 10.2 Å². The Morgan fingerprint density at radius 3 is 2.54 bits per heavy atom. The van der Waals surface area contributed by atoms with Crippen LogP contribution in [0.5, 0.6) is 0 Å². The van der Waals surface area contributed by atoms with Crippen molar-refractivity contribution in [2.24, 2.45) is 0 Å². The molecule has 3 nitrogen and oxygen atoms in total. The molecule has 0 amide bonds. The SMILES string of the molecule is CCNC(=S)N(CCOC)C(C)C. The number of hydrogen-bond donors (Lipinski definition) is 1. The zero-order valence-electron chi connectivity index (χ0n) is 8.96. The van der Waals surface area contributed by atoms with E-state index < -0.39 is 0 Å². The Labute approximate surface area is 86.4 Å². The first kappa shape index (κ1) is 12.7. The van der Waals surface area contributed by atoms with Gasteiger partial charge >= 0.3 is 0 Å². The van der Waals surface area contributed by atoms with Crippen LogP contribution in [0.25, 0.3) is 0 Å². The van der Waals surface area contributed by atoms with Gasteiger partial charge in [0, 0.05) is 26.2 Å². The van der Waals surface area contributed by atoms with Crippen molar-refractivity contribution < 1.29 is 4.74 Å². The Balaban J connectivity index is 3.99. The smallest absolute Gasteiger partial charge is 0.169 e. The van der Waals surface area contributed by atoms with Crippen LogP contribution in [0.2, 0.25) is 0 Å². The largest absolute Gasteiger partial charge is 0.383 e. The number of hydrogen-bond acceptors (Lipinski definition) is 2. The number of thiocarbonyl (C=S) groups is 1. The maximum Gasteiger partial charge on any atom is 0.169 e. The minimum Gasteiger partial charge on any atom is -0.383 e. The monoisotopic (exact) mass is 204 g/mol. The highest BCUT2D eigenvalue weighted by Gasteiger charge is 2.11. The molecule has 0 atom stereocenters. The normalized spacial score (nSPS) is 10.2. The zero-order valence-corrected chi connectivity index (χ0v) is 9.78. The number of nitrogens with zero attached hydrogens (tertiary/aromatic N) is 1. The van der Waals surface area contributed by atoms with Crippen molar-refractivity contribution in [3.05, 3.63) is 0 Å². The van der Waals surface area contributed by atoms with Gasteiger partial charge in [0.05, 0.1) is 6.61 Å². The highest BCUT2D eigenvalue weighted by Crippen LogP contribution is 1.98. The third kappa shape index (κ3) is 5.05. The highest BCUT2D eigenvalue weighted by atomic mass is 32.1. The molecule has 4 heteroatoms. The predicted molar refractivity (Wildman–Crippen MR) is 60.0 cm³/mol. The van der Waals surface area contributed by atoms with Gasteiger partial charge < -0.3 is 15.0 Å². The molecule has 0 heterocycles. The summed E-state index contributed by atoms with van der Waals surface area (Å²) in [5.41, 5.74) is 0. The molecule has 0 spiro atoms. The molecule has 0 bridgehead atoms. The van der Waals surface area contributed by atoms with Gasteiger partial charge in [0.2, 0.25) is 0 Å². The maximum absolute atomic E-state index is 5.22. The van der Waals surface area contributed by atoms with E-state index in [1.165, 1.54) is 0 Å².